The molecule has 0 bridgehead atoms. The molecule has 1 aliphatic heterocycles. The maximum Gasteiger partial charge on any atom is 0.267 e. The van der Waals surface area contributed by atoms with Crippen LogP contribution in [0.3, 0.4) is 0 Å². The summed E-state index contributed by atoms with van der Waals surface area (Å²) >= 11 is 0. The molecule has 0 saturated carbocycles. The highest BCUT2D eigenvalue weighted by Gasteiger charge is 2.19. The summed E-state index contributed by atoms with van der Waals surface area (Å²) in [5.74, 6) is -0.503. The molecule has 0 fully saturated rings. The van der Waals surface area contributed by atoms with E-state index in [1.807, 2.05) is 6.92 Å². The molecule has 0 aromatic carbocycles. The van der Waals surface area contributed by atoms with Gasteiger partial charge in [-0.3, -0.25) is 9.59 Å². The van der Waals surface area contributed by atoms with Crippen LogP contribution in [0.1, 0.15) is 26.2 Å². The molecule has 0 saturated heterocycles. The Bertz CT molecular complexity index is 284. The maximum absolute atomic E-state index is 11.5. The van der Waals surface area contributed by atoms with E-state index in [1.165, 1.54) is 0 Å². The van der Waals surface area contributed by atoms with Crippen LogP contribution < -0.4 is 10.7 Å². The fraction of sp³-hybridized carbons (Fsp3) is 0.667. The van der Waals surface area contributed by atoms with Crippen LogP contribution in [0.25, 0.3) is 0 Å². The zero-order chi connectivity index (χ0) is 11.3. The Morgan fingerprint density at radius 1 is 1.67 bits per heavy atom. The lowest BCUT2D eigenvalue weighted by atomic mass is 10.1. The van der Waals surface area contributed by atoms with Crippen LogP contribution in [0.15, 0.2) is 5.10 Å². The Balaban J connectivity index is 2.50. The Morgan fingerprint density at radius 2 is 2.40 bits per heavy atom. The number of amides is 2. The number of aliphatic hydroxyl groups is 1. The minimum absolute atomic E-state index is 0.0954. The highest BCUT2D eigenvalue weighted by Crippen LogP contribution is 2.00. The quantitative estimate of drug-likeness (QED) is 0.567. The zero-order valence-corrected chi connectivity index (χ0v) is 8.62. The Labute approximate surface area is 87.7 Å². The average molecular weight is 213 g/mol. The van der Waals surface area contributed by atoms with Gasteiger partial charge in [-0.05, 0) is 6.42 Å². The van der Waals surface area contributed by atoms with Gasteiger partial charge in [-0.1, -0.05) is 6.92 Å². The molecule has 1 atom stereocenters. The summed E-state index contributed by atoms with van der Waals surface area (Å²) in [5, 5.41) is 15.2. The first-order valence-corrected chi connectivity index (χ1v) is 4.94. The number of hydrogen-bond donors (Lipinski definition) is 3. The third-order valence-corrected chi connectivity index (χ3v) is 2.21. The number of carbonyl (C=O) groups excluding carboxylic acids is 2. The number of nitrogens with one attached hydrogen (secondary N) is 2. The van der Waals surface area contributed by atoms with Crippen molar-refractivity contribution >= 4 is 17.5 Å². The van der Waals surface area contributed by atoms with Crippen molar-refractivity contribution in [3.05, 3.63) is 0 Å². The van der Waals surface area contributed by atoms with E-state index in [0.29, 0.717) is 18.6 Å². The minimum atomic E-state index is -0.323. The second-order valence-corrected chi connectivity index (χ2v) is 3.35. The van der Waals surface area contributed by atoms with E-state index in [2.05, 4.69) is 15.8 Å². The van der Waals surface area contributed by atoms with E-state index in [9.17, 15) is 9.59 Å². The van der Waals surface area contributed by atoms with E-state index in [-0.39, 0.29) is 30.9 Å². The van der Waals surface area contributed by atoms with Gasteiger partial charge in [-0.15, -0.1) is 0 Å². The van der Waals surface area contributed by atoms with E-state index in [0.717, 1.165) is 0 Å². The molecule has 84 valence electrons. The second-order valence-electron chi connectivity index (χ2n) is 3.35. The predicted octanol–water partition coefficient (Wildman–Crippen LogP) is -0.860. The third kappa shape index (κ3) is 3.32. The van der Waals surface area contributed by atoms with Crippen LogP contribution in [0.2, 0.25) is 0 Å². The van der Waals surface area contributed by atoms with Gasteiger partial charge < -0.3 is 10.4 Å². The topological polar surface area (TPSA) is 90.8 Å². The van der Waals surface area contributed by atoms with Crippen molar-refractivity contribution in [2.24, 2.45) is 5.10 Å². The van der Waals surface area contributed by atoms with Crippen LogP contribution in [0.5, 0.6) is 0 Å². The summed E-state index contributed by atoms with van der Waals surface area (Å²) in [5.41, 5.74) is 2.55. The fourth-order valence-corrected chi connectivity index (χ4v) is 1.18. The van der Waals surface area contributed by atoms with E-state index in [1.54, 1.807) is 0 Å². The van der Waals surface area contributed by atoms with Crippen LogP contribution in [-0.2, 0) is 9.59 Å². The SMILES string of the molecule is CCC(CO)NC(=O)C1=NNC(=O)CC1. The standard InChI is InChI=1S/C9H15N3O3/c1-2-6(5-13)10-9(15)7-3-4-8(14)12-11-7/h6,13H,2-5H2,1H3,(H,10,15)(H,12,14). The van der Waals surface area contributed by atoms with Gasteiger partial charge in [0.2, 0.25) is 5.91 Å². The Hall–Kier alpha value is -1.43. The van der Waals surface area contributed by atoms with Gasteiger partial charge in [0.1, 0.15) is 5.71 Å². The first-order chi connectivity index (χ1) is 7.17. The van der Waals surface area contributed by atoms with E-state index in [4.69, 9.17) is 5.11 Å². The van der Waals surface area contributed by atoms with Crippen molar-refractivity contribution in [2.45, 2.75) is 32.2 Å². The lowest BCUT2D eigenvalue weighted by molar-refractivity contribution is -0.121. The molecule has 15 heavy (non-hydrogen) atoms. The summed E-state index contributed by atoms with van der Waals surface area (Å²) in [6.45, 7) is 1.77. The van der Waals surface area contributed by atoms with Crippen molar-refractivity contribution < 1.29 is 14.7 Å². The molecule has 0 aromatic rings. The highest BCUT2D eigenvalue weighted by molar-refractivity contribution is 6.39. The Morgan fingerprint density at radius 3 is 2.87 bits per heavy atom. The summed E-state index contributed by atoms with van der Waals surface area (Å²) in [6.07, 6.45) is 1.28. The molecule has 6 nitrogen and oxygen atoms in total. The number of hydrazone groups is 1. The number of carbonyl (C=O) groups is 2. The number of rotatable bonds is 4. The van der Waals surface area contributed by atoms with Gasteiger partial charge in [0.25, 0.3) is 5.91 Å². The zero-order valence-electron chi connectivity index (χ0n) is 8.62. The van der Waals surface area contributed by atoms with Crippen LogP contribution in [-0.4, -0.2) is 35.3 Å². The minimum Gasteiger partial charge on any atom is -0.394 e. The second kappa shape index (κ2) is 5.45. The molecule has 6 heteroatoms. The van der Waals surface area contributed by atoms with E-state index >= 15 is 0 Å². The van der Waals surface area contributed by atoms with Crippen molar-refractivity contribution in [2.75, 3.05) is 6.61 Å². The van der Waals surface area contributed by atoms with Crippen molar-refractivity contribution in [3.63, 3.8) is 0 Å². The first-order valence-electron chi connectivity index (χ1n) is 4.94. The lowest BCUT2D eigenvalue weighted by Crippen LogP contribution is -2.43. The summed E-state index contributed by atoms with van der Waals surface area (Å²) in [6, 6.07) is -0.252. The molecule has 1 unspecified atom stereocenters. The van der Waals surface area contributed by atoms with Crippen molar-refractivity contribution in [3.8, 4) is 0 Å². The van der Waals surface area contributed by atoms with Gasteiger partial charge in [0.05, 0.1) is 12.6 Å². The summed E-state index contributed by atoms with van der Waals surface area (Å²) in [7, 11) is 0. The molecule has 1 heterocycles. The fourth-order valence-electron chi connectivity index (χ4n) is 1.18. The monoisotopic (exact) mass is 213 g/mol. The lowest BCUT2D eigenvalue weighted by Gasteiger charge is -2.16. The number of aliphatic hydroxyl groups excluding tert-OH is 1. The smallest absolute Gasteiger partial charge is 0.267 e. The maximum atomic E-state index is 11.5. The van der Waals surface area contributed by atoms with E-state index < -0.39 is 0 Å². The van der Waals surface area contributed by atoms with Crippen molar-refractivity contribution in [1.29, 1.82) is 0 Å². The molecular formula is C9H15N3O3. The van der Waals surface area contributed by atoms with Gasteiger partial charge in [-0.25, -0.2) is 5.43 Å². The first kappa shape index (κ1) is 11.6. The van der Waals surface area contributed by atoms with Crippen LogP contribution in [0, 0.1) is 0 Å². The molecule has 3 N–H and O–H groups in total. The molecule has 0 aliphatic carbocycles. The normalized spacial score (nSPS) is 17.7. The summed E-state index contributed by atoms with van der Waals surface area (Å²) in [4.78, 5) is 22.3. The number of hydrogen-bond acceptors (Lipinski definition) is 4. The predicted molar refractivity (Wildman–Crippen MR) is 54.1 cm³/mol. The molecule has 0 spiro atoms. The molecule has 0 radical (unpaired) electrons. The van der Waals surface area contributed by atoms with Crippen molar-refractivity contribution in [1.82, 2.24) is 10.7 Å². The molecule has 1 aliphatic rings. The number of nitrogens with zero attached hydrogens (tertiary/aromatic N) is 1. The van der Waals surface area contributed by atoms with Gasteiger partial charge >= 0.3 is 0 Å². The molecular weight excluding hydrogens is 198 g/mol. The highest BCUT2D eigenvalue weighted by atomic mass is 16.3. The van der Waals surface area contributed by atoms with Gasteiger partial charge in [0, 0.05) is 12.8 Å². The average Bonchev–Trinajstić information content (AvgIpc) is 2.26. The third-order valence-electron chi connectivity index (χ3n) is 2.21. The van der Waals surface area contributed by atoms with Crippen LogP contribution >= 0.6 is 0 Å². The largest absolute Gasteiger partial charge is 0.394 e. The van der Waals surface area contributed by atoms with Gasteiger partial charge in [0.15, 0.2) is 0 Å². The Kier molecular flexibility index (Phi) is 4.23. The molecule has 0 aromatic heterocycles. The van der Waals surface area contributed by atoms with Gasteiger partial charge in [-0.2, -0.15) is 5.10 Å². The molecule has 2 amide bonds. The van der Waals surface area contributed by atoms with Crippen LogP contribution in [0.4, 0.5) is 0 Å². The summed E-state index contributed by atoms with van der Waals surface area (Å²) < 4.78 is 0. The molecule has 1 rings (SSSR count).